The van der Waals surface area contributed by atoms with Crippen LogP contribution in [0.15, 0.2) is 29.2 Å². The summed E-state index contributed by atoms with van der Waals surface area (Å²) in [6, 6.07) is 6.61. The molecule has 0 unspecified atom stereocenters. The number of carbonyl (C=O) groups is 1. The predicted octanol–water partition coefficient (Wildman–Crippen LogP) is 3.60. The van der Waals surface area contributed by atoms with Crippen LogP contribution in [0, 0.1) is 11.8 Å². The zero-order chi connectivity index (χ0) is 24.0. The lowest BCUT2D eigenvalue weighted by Gasteiger charge is -2.33. The maximum Gasteiger partial charge on any atom is 0.243 e. The molecule has 2 aliphatic heterocycles. The Hall–Kier alpha value is -1.64. The highest BCUT2D eigenvalue weighted by molar-refractivity contribution is 7.89. The first-order valence-corrected chi connectivity index (χ1v) is 14.7. The van der Waals surface area contributed by atoms with Gasteiger partial charge in [-0.3, -0.25) is 4.79 Å². The molecule has 4 rings (SSSR count). The number of ether oxygens (including phenoxy) is 1. The van der Waals surface area contributed by atoms with Gasteiger partial charge in [-0.1, -0.05) is 19.3 Å². The highest BCUT2D eigenvalue weighted by Gasteiger charge is 2.34. The summed E-state index contributed by atoms with van der Waals surface area (Å²) in [6.45, 7) is 8.09. The second kappa shape index (κ2) is 11.9. The first kappa shape index (κ1) is 25.5. The number of amides is 1. The molecule has 190 valence electrons. The number of nitrogens with zero attached hydrogens (tertiary/aromatic N) is 3. The first-order valence-electron chi connectivity index (χ1n) is 13.2. The molecule has 2 heterocycles. The van der Waals surface area contributed by atoms with E-state index in [9.17, 15) is 13.2 Å². The lowest BCUT2D eigenvalue weighted by Crippen LogP contribution is -2.45. The molecule has 2 saturated heterocycles. The van der Waals surface area contributed by atoms with E-state index in [0.29, 0.717) is 38.3 Å². The Morgan fingerprint density at radius 1 is 0.882 bits per heavy atom. The molecule has 1 aliphatic carbocycles. The Bertz CT molecular complexity index is 891. The van der Waals surface area contributed by atoms with Crippen LogP contribution in [0.25, 0.3) is 0 Å². The minimum absolute atomic E-state index is 0.0725. The van der Waals surface area contributed by atoms with Gasteiger partial charge >= 0.3 is 0 Å². The van der Waals surface area contributed by atoms with E-state index in [1.54, 1.807) is 24.3 Å². The largest absolute Gasteiger partial charge is 0.494 e. The normalized spacial score (nSPS) is 22.4. The number of benzene rings is 1. The van der Waals surface area contributed by atoms with E-state index in [4.69, 9.17) is 4.74 Å². The third-order valence-electron chi connectivity index (χ3n) is 7.72. The summed E-state index contributed by atoms with van der Waals surface area (Å²) >= 11 is 0. The molecule has 1 saturated carbocycles. The van der Waals surface area contributed by atoms with Gasteiger partial charge in [0.2, 0.25) is 15.9 Å². The number of carbonyl (C=O) groups excluding carboxylic acids is 1. The van der Waals surface area contributed by atoms with E-state index >= 15 is 0 Å². The minimum atomic E-state index is -3.55. The van der Waals surface area contributed by atoms with Gasteiger partial charge in [0.15, 0.2) is 0 Å². The molecule has 8 heteroatoms. The number of sulfonamides is 1. The predicted molar refractivity (Wildman–Crippen MR) is 133 cm³/mol. The van der Waals surface area contributed by atoms with Crippen molar-refractivity contribution >= 4 is 15.9 Å². The number of hydrogen-bond acceptors (Lipinski definition) is 5. The lowest BCUT2D eigenvalue weighted by molar-refractivity contribution is -0.136. The molecule has 0 spiro atoms. The molecule has 1 aromatic rings. The van der Waals surface area contributed by atoms with Gasteiger partial charge in [-0.15, -0.1) is 0 Å². The fourth-order valence-electron chi connectivity index (χ4n) is 5.73. The van der Waals surface area contributed by atoms with Crippen LogP contribution in [-0.2, 0) is 14.8 Å². The van der Waals surface area contributed by atoms with E-state index in [1.165, 1.54) is 43.0 Å². The second-order valence-corrected chi connectivity index (χ2v) is 12.0. The zero-order valence-corrected chi connectivity index (χ0v) is 21.5. The summed E-state index contributed by atoms with van der Waals surface area (Å²) in [5.41, 5.74) is 0. The Morgan fingerprint density at radius 3 is 2.26 bits per heavy atom. The maximum absolute atomic E-state index is 13.3. The summed E-state index contributed by atoms with van der Waals surface area (Å²) in [4.78, 5) is 18.1. The fourth-order valence-corrected chi connectivity index (χ4v) is 7.20. The van der Waals surface area contributed by atoms with Crippen molar-refractivity contribution < 1.29 is 17.9 Å². The van der Waals surface area contributed by atoms with Gasteiger partial charge in [0.05, 0.1) is 11.5 Å². The number of piperidine rings is 1. The van der Waals surface area contributed by atoms with Crippen molar-refractivity contribution in [2.45, 2.75) is 63.2 Å². The van der Waals surface area contributed by atoms with Crippen LogP contribution in [0.5, 0.6) is 5.75 Å². The molecular weight excluding hydrogens is 450 g/mol. The first-order chi connectivity index (χ1) is 16.5. The average Bonchev–Trinajstić information content (AvgIpc) is 3.10. The average molecular weight is 492 g/mol. The molecule has 3 aliphatic rings. The van der Waals surface area contributed by atoms with Crippen molar-refractivity contribution in [3.05, 3.63) is 24.3 Å². The van der Waals surface area contributed by atoms with Crippen molar-refractivity contribution in [3.63, 3.8) is 0 Å². The Labute approximate surface area is 205 Å². The third kappa shape index (κ3) is 6.32. The van der Waals surface area contributed by atoms with Gasteiger partial charge in [0.1, 0.15) is 5.75 Å². The Morgan fingerprint density at radius 2 is 1.59 bits per heavy atom. The van der Waals surface area contributed by atoms with Crippen molar-refractivity contribution in [3.8, 4) is 5.75 Å². The van der Waals surface area contributed by atoms with Gasteiger partial charge in [0, 0.05) is 45.2 Å². The maximum atomic E-state index is 13.3. The molecule has 7 nitrogen and oxygen atoms in total. The third-order valence-corrected chi connectivity index (χ3v) is 9.63. The van der Waals surface area contributed by atoms with Gasteiger partial charge in [0.25, 0.3) is 0 Å². The van der Waals surface area contributed by atoms with Crippen LogP contribution in [0.1, 0.15) is 58.3 Å². The van der Waals surface area contributed by atoms with Crippen LogP contribution < -0.4 is 4.74 Å². The van der Waals surface area contributed by atoms with E-state index in [-0.39, 0.29) is 16.7 Å². The SMILES string of the molecule is CCOc1ccc(S(=O)(=O)N2CCC(C(=O)N3CCCN(CC4CCCCC4)CC3)CC2)cc1. The van der Waals surface area contributed by atoms with Crippen LogP contribution in [0.3, 0.4) is 0 Å². The van der Waals surface area contributed by atoms with Gasteiger partial charge in [-0.25, -0.2) is 8.42 Å². The smallest absolute Gasteiger partial charge is 0.243 e. The summed E-state index contributed by atoms with van der Waals surface area (Å²) in [5.74, 6) is 1.65. The molecule has 1 amide bonds. The van der Waals surface area contributed by atoms with Crippen LogP contribution in [-0.4, -0.2) is 80.9 Å². The Kier molecular flexibility index (Phi) is 8.88. The molecule has 1 aromatic carbocycles. The highest BCUT2D eigenvalue weighted by atomic mass is 32.2. The zero-order valence-electron chi connectivity index (χ0n) is 20.7. The van der Waals surface area contributed by atoms with Crippen LogP contribution in [0.2, 0.25) is 0 Å². The summed E-state index contributed by atoms with van der Waals surface area (Å²) in [7, 11) is -3.55. The van der Waals surface area contributed by atoms with Crippen molar-refractivity contribution in [2.75, 3.05) is 52.4 Å². The van der Waals surface area contributed by atoms with Crippen molar-refractivity contribution in [2.24, 2.45) is 11.8 Å². The topological polar surface area (TPSA) is 70.2 Å². The fraction of sp³-hybridized carbons (Fsp3) is 0.731. The van der Waals surface area contributed by atoms with E-state index < -0.39 is 10.0 Å². The lowest BCUT2D eigenvalue weighted by atomic mass is 9.89. The highest BCUT2D eigenvalue weighted by Crippen LogP contribution is 2.27. The molecule has 0 atom stereocenters. The van der Waals surface area contributed by atoms with Gasteiger partial charge in [-0.2, -0.15) is 4.31 Å². The molecule has 0 aromatic heterocycles. The molecular formula is C26H41N3O4S. The minimum Gasteiger partial charge on any atom is -0.494 e. The summed E-state index contributed by atoms with van der Waals surface area (Å²) in [5, 5.41) is 0. The van der Waals surface area contributed by atoms with Crippen molar-refractivity contribution in [1.29, 1.82) is 0 Å². The van der Waals surface area contributed by atoms with Crippen LogP contribution in [0.4, 0.5) is 0 Å². The number of hydrogen-bond donors (Lipinski definition) is 0. The van der Waals surface area contributed by atoms with Crippen LogP contribution >= 0.6 is 0 Å². The standard InChI is InChI=1S/C26H41N3O4S/c1-2-33-24-9-11-25(12-10-24)34(31,32)29-17-13-23(14-18-29)26(30)28-16-6-15-27(19-20-28)21-22-7-4-3-5-8-22/h9-12,22-23H,2-8,13-21H2,1H3. The number of rotatable bonds is 7. The van der Waals surface area contributed by atoms with Gasteiger partial charge < -0.3 is 14.5 Å². The molecule has 0 radical (unpaired) electrons. The van der Waals surface area contributed by atoms with Crippen molar-refractivity contribution in [1.82, 2.24) is 14.1 Å². The molecule has 34 heavy (non-hydrogen) atoms. The van der Waals surface area contributed by atoms with E-state index in [1.807, 2.05) is 11.8 Å². The van der Waals surface area contributed by atoms with Gasteiger partial charge in [-0.05, 0) is 75.8 Å². The second-order valence-electron chi connectivity index (χ2n) is 10.1. The summed E-state index contributed by atoms with van der Waals surface area (Å²) in [6.07, 6.45) is 9.07. The molecule has 3 fully saturated rings. The van der Waals surface area contributed by atoms with E-state index in [2.05, 4.69) is 4.90 Å². The Balaban J connectivity index is 1.26. The molecule has 0 bridgehead atoms. The van der Waals surface area contributed by atoms with E-state index in [0.717, 1.165) is 38.5 Å². The monoisotopic (exact) mass is 491 g/mol. The molecule has 0 N–H and O–H groups in total. The summed E-state index contributed by atoms with van der Waals surface area (Å²) < 4.78 is 33.1. The quantitative estimate of drug-likeness (QED) is 0.583.